The van der Waals surface area contributed by atoms with E-state index in [9.17, 15) is 9.59 Å². The Morgan fingerprint density at radius 1 is 1.62 bits per heavy atom. The molecule has 4 nitrogen and oxygen atoms in total. The summed E-state index contributed by atoms with van der Waals surface area (Å²) in [6, 6.07) is -0.674. The number of ketones is 1. The molecular weight excluding hydrogens is 168 g/mol. The number of carbonyl (C=O) groups excluding carboxylic acids is 2. The van der Waals surface area contributed by atoms with Gasteiger partial charge in [-0.25, -0.2) is 0 Å². The molecule has 0 aliphatic carbocycles. The normalized spacial score (nSPS) is 16.5. The number of terminal acetylenes is 1. The molecule has 0 radical (unpaired) electrons. The zero-order valence-corrected chi connectivity index (χ0v) is 8.05. The highest BCUT2D eigenvalue weighted by atomic mass is 16.2. The minimum absolute atomic E-state index is 0.288. The zero-order valence-electron chi connectivity index (χ0n) is 8.05. The van der Waals surface area contributed by atoms with Gasteiger partial charge < -0.3 is 11.1 Å². The van der Waals surface area contributed by atoms with Crippen LogP contribution >= 0.6 is 0 Å². The largest absolute Gasteiger partial charge is 0.332 e. The maximum absolute atomic E-state index is 11.1. The first-order valence-electron chi connectivity index (χ1n) is 3.90. The van der Waals surface area contributed by atoms with Crippen molar-refractivity contribution in [3.63, 3.8) is 0 Å². The molecule has 0 aromatic carbocycles. The van der Waals surface area contributed by atoms with Gasteiger partial charge in [0.1, 0.15) is 0 Å². The molecule has 1 amide bonds. The van der Waals surface area contributed by atoms with Gasteiger partial charge in [-0.15, -0.1) is 6.42 Å². The first kappa shape index (κ1) is 11.7. The van der Waals surface area contributed by atoms with Crippen LogP contribution in [0.4, 0.5) is 0 Å². The molecule has 0 aromatic rings. The van der Waals surface area contributed by atoms with Crippen LogP contribution in [-0.2, 0) is 9.59 Å². The number of rotatable bonds is 3. The van der Waals surface area contributed by atoms with Crippen molar-refractivity contribution >= 4 is 11.7 Å². The highest BCUT2D eigenvalue weighted by Gasteiger charge is 2.29. The van der Waals surface area contributed by atoms with E-state index in [-0.39, 0.29) is 5.78 Å². The van der Waals surface area contributed by atoms with Gasteiger partial charge in [-0.2, -0.15) is 0 Å². The Morgan fingerprint density at radius 2 is 2.08 bits per heavy atom. The minimum Gasteiger partial charge on any atom is -0.332 e. The quantitative estimate of drug-likeness (QED) is 0.574. The van der Waals surface area contributed by atoms with Crippen molar-refractivity contribution in [2.45, 2.75) is 32.4 Å². The van der Waals surface area contributed by atoms with E-state index in [0.29, 0.717) is 0 Å². The topological polar surface area (TPSA) is 72.2 Å². The monoisotopic (exact) mass is 182 g/mol. The van der Waals surface area contributed by atoms with Gasteiger partial charge >= 0.3 is 0 Å². The molecule has 0 bridgehead atoms. The fraction of sp³-hybridized carbons (Fsp3) is 0.556. The van der Waals surface area contributed by atoms with Crippen LogP contribution < -0.4 is 11.1 Å². The van der Waals surface area contributed by atoms with E-state index in [1.807, 2.05) is 0 Å². The molecule has 0 aromatic heterocycles. The first-order chi connectivity index (χ1) is 5.83. The summed E-state index contributed by atoms with van der Waals surface area (Å²) in [6.45, 7) is 4.31. The fourth-order valence-electron chi connectivity index (χ4n) is 0.586. The van der Waals surface area contributed by atoms with Gasteiger partial charge in [-0.3, -0.25) is 9.59 Å². The Balaban J connectivity index is 4.58. The van der Waals surface area contributed by atoms with Gasteiger partial charge in [-0.05, 0) is 20.8 Å². The van der Waals surface area contributed by atoms with E-state index in [0.717, 1.165) is 0 Å². The van der Waals surface area contributed by atoms with Crippen LogP contribution in [0, 0.1) is 12.3 Å². The number of nitrogens with one attached hydrogen (secondary N) is 1. The van der Waals surface area contributed by atoms with Crippen LogP contribution in [0.5, 0.6) is 0 Å². The second-order valence-electron chi connectivity index (χ2n) is 3.10. The maximum Gasteiger partial charge on any atom is 0.238 e. The number of hydrogen-bond acceptors (Lipinski definition) is 3. The molecule has 72 valence electrons. The Morgan fingerprint density at radius 3 is 2.31 bits per heavy atom. The van der Waals surface area contributed by atoms with Crippen molar-refractivity contribution in [3.05, 3.63) is 0 Å². The lowest BCUT2D eigenvalue weighted by atomic mass is 9.98. The lowest BCUT2D eigenvalue weighted by Crippen LogP contribution is -2.54. The molecule has 13 heavy (non-hydrogen) atoms. The number of amides is 1. The van der Waals surface area contributed by atoms with Crippen molar-refractivity contribution in [2.24, 2.45) is 5.73 Å². The summed E-state index contributed by atoms with van der Waals surface area (Å²) in [6.07, 6.45) is 5.13. The second kappa shape index (κ2) is 4.06. The molecule has 2 atom stereocenters. The summed E-state index contributed by atoms with van der Waals surface area (Å²) in [5.74, 6) is 1.50. The van der Waals surface area contributed by atoms with E-state index in [1.165, 1.54) is 20.8 Å². The van der Waals surface area contributed by atoms with E-state index in [4.69, 9.17) is 12.2 Å². The average Bonchev–Trinajstić information content (AvgIpc) is 2.03. The zero-order chi connectivity index (χ0) is 10.6. The molecule has 4 heteroatoms. The summed E-state index contributed by atoms with van der Waals surface area (Å²) in [5, 5.41) is 2.39. The molecule has 0 fully saturated rings. The predicted molar refractivity (Wildman–Crippen MR) is 49.7 cm³/mol. The van der Waals surface area contributed by atoms with Crippen LogP contribution in [0.2, 0.25) is 0 Å². The Labute approximate surface area is 77.9 Å². The predicted octanol–water partition coefficient (Wildman–Crippen LogP) is -0.569. The Kier molecular flexibility index (Phi) is 3.64. The van der Waals surface area contributed by atoms with E-state index >= 15 is 0 Å². The third kappa shape index (κ3) is 2.88. The Bertz CT molecular complexity index is 265. The molecule has 0 spiro atoms. The van der Waals surface area contributed by atoms with Crippen molar-refractivity contribution in [2.75, 3.05) is 0 Å². The van der Waals surface area contributed by atoms with Crippen molar-refractivity contribution in [1.82, 2.24) is 5.32 Å². The summed E-state index contributed by atoms with van der Waals surface area (Å²) in [7, 11) is 0. The number of Topliss-reactive ketones (excluding diaryl/α,β-unsaturated/α-hetero) is 1. The van der Waals surface area contributed by atoms with Crippen LogP contribution in [0.3, 0.4) is 0 Å². The van der Waals surface area contributed by atoms with Crippen LogP contribution in [0.15, 0.2) is 0 Å². The number of hydrogen-bond donors (Lipinski definition) is 2. The highest BCUT2D eigenvalue weighted by molar-refractivity contribution is 5.95. The van der Waals surface area contributed by atoms with Gasteiger partial charge in [-0.1, -0.05) is 5.92 Å². The highest BCUT2D eigenvalue weighted by Crippen LogP contribution is 2.03. The van der Waals surface area contributed by atoms with E-state index in [1.54, 1.807) is 0 Å². The molecule has 0 rings (SSSR count). The van der Waals surface area contributed by atoms with Crippen molar-refractivity contribution < 1.29 is 9.59 Å². The average molecular weight is 182 g/mol. The summed E-state index contributed by atoms with van der Waals surface area (Å²) in [4.78, 5) is 22.2. The number of carbonyl (C=O) groups is 2. The van der Waals surface area contributed by atoms with Crippen LogP contribution in [0.1, 0.15) is 20.8 Å². The molecule has 0 saturated heterocycles. The van der Waals surface area contributed by atoms with Crippen molar-refractivity contribution in [1.29, 1.82) is 0 Å². The van der Waals surface area contributed by atoms with Crippen LogP contribution in [0.25, 0.3) is 0 Å². The van der Waals surface area contributed by atoms with Crippen molar-refractivity contribution in [3.8, 4) is 12.3 Å². The van der Waals surface area contributed by atoms with Gasteiger partial charge in [0.15, 0.2) is 11.3 Å². The van der Waals surface area contributed by atoms with Gasteiger partial charge in [0.2, 0.25) is 5.91 Å². The standard InChI is InChI=1S/C9H14N2O2/c1-5-9(4,7(3)12)11-8(13)6(2)10/h1,6H,10H2,2-4H3,(H,11,13)/t6-,9?/m0/s1. The smallest absolute Gasteiger partial charge is 0.238 e. The lowest BCUT2D eigenvalue weighted by molar-refractivity contribution is -0.129. The molecule has 0 aliphatic rings. The van der Waals surface area contributed by atoms with Gasteiger partial charge in [0.05, 0.1) is 6.04 Å². The summed E-state index contributed by atoms with van der Waals surface area (Å²) in [5.41, 5.74) is 4.06. The SMILES string of the molecule is C#CC(C)(NC(=O)[C@H](C)N)C(C)=O. The molecule has 1 unspecified atom stereocenters. The van der Waals surface area contributed by atoms with Gasteiger partial charge in [0.25, 0.3) is 0 Å². The Hall–Kier alpha value is -1.34. The van der Waals surface area contributed by atoms with E-state index in [2.05, 4.69) is 11.2 Å². The van der Waals surface area contributed by atoms with E-state index < -0.39 is 17.5 Å². The molecule has 0 heterocycles. The summed E-state index contributed by atoms with van der Waals surface area (Å²) < 4.78 is 0. The summed E-state index contributed by atoms with van der Waals surface area (Å²) >= 11 is 0. The molecule has 3 N–H and O–H groups in total. The maximum atomic E-state index is 11.1. The first-order valence-corrected chi connectivity index (χ1v) is 3.90. The molecular formula is C9H14N2O2. The third-order valence-electron chi connectivity index (χ3n) is 1.78. The molecule has 0 aliphatic heterocycles. The lowest BCUT2D eigenvalue weighted by Gasteiger charge is -2.22. The third-order valence-corrected chi connectivity index (χ3v) is 1.78. The number of nitrogens with two attached hydrogens (primary N) is 1. The minimum atomic E-state index is -1.25. The van der Waals surface area contributed by atoms with Crippen LogP contribution in [-0.4, -0.2) is 23.3 Å². The van der Waals surface area contributed by atoms with Gasteiger partial charge in [0, 0.05) is 0 Å². The second-order valence-corrected chi connectivity index (χ2v) is 3.10. The molecule has 0 saturated carbocycles. The fourth-order valence-corrected chi connectivity index (χ4v) is 0.586.